The van der Waals surface area contributed by atoms with Crippen molar-refractivity contribution >= 4 is 29.3 Å². The molecule has 170 valence electrons. The number of fused-ring (bicyclic) bond motifs is 1. The number of nitrogens with one attached hydrogen (secondary N) is 1. The highest BCUT2D eigenvalue weighted by molar-refractivity contribution is 7.99. The smallest absolute Gasteiger partial charge is 0.240 e. The molecule has 0 aromatic heterocycles. The molecule has 0 atom stereocenters. The van der Waals surface area contributed by atoms with Crippen molar-refractivity contribution in [1.82, 2.24) is 15.1 Å². The number of piperazine rings is 1. The Morgan fingerprint density at radius 1 is 1.06 bits per heavy atom. The topological polar surface area (TPSA) is 55.9 Å². The third-order valence-corrected chi connectivity index (χ3v) is 7.87. The Bertz CT molecular complexity index is 745. The highest BCUT2D eigenvalue weighted by Crippen LogP contribution is 2.33. The predicted octanol–water partition coefficient (Wildman–Crippen LogP) is 2.97. The van der Waals surface area contributed by atoms with E-state index in [2.05, 4.69) is 15.1 Å². The number of amides is 2. The number of anilines is 1. The number of para-hydroxylation sites is 1. The molecule has 0 radical (unpaired) electrons. The summed E-state index contributed by atoms with van der Waals surface area (Å²) in [6.07, 6.45) is 8.41. The summed E-state index contributed by atoms with van der Waals surface area (Å²) in [5.74, 6) is 0.725. The van der Waals surface area contributed by atoms with Crippen LogP contribution in [-0.4, -0.2) is 79.2 Å². The number of carbonyl (C=O) groups is 2. The summed E-state index contributed by atoms with van der Waals surface area (Å²) >= 11 is 1.69. The van der Waals surface area contributed by atoms with E-state index in [-0.39, 0.29) is 18.4 Å². The lowest BCUT2D eigenvalue weighted by atomic mass is 9.94. The summed E-state index contributed by atoms with van der Waals surface area (Å²) < 4.78 is 0. The zero-order valence-electron chi connectivity index (χ0n) is 18.6. The van der Waals surface area contributed by atoms with E-state index in [1.807, 2.05) is 24.3 Å². The number of hydrogen-bond donors (Lipinski definition) is 1. The van der Waals surface area contributed by atoms with Crippen LogP contribution < -0.4 is 10.2 Å². The minimum atomic E-state index is -0.0721. The van der Waals surface area contributed by atoms with Crippen LogP contribution in [0.2, 0.25) is 0 Å². The van der Waals surface area contributed by atoms with Crippen molar-refractivity contribution < 1.29 is 9.59 Å². The summed E-state index contributed by atoms with van der Waals surface area (Å²) in [4.78, 5) is 33.0. The Labute approximate surface area is 190 Å². The fraction of sp³-hybridized carbons (Fsp3) is 0.667. The van der Waals surface area contributed by atoms with E-state index < -0.39 is 0 Å². The van der Waals surface area contributed by atoms with Crippen molar-refractivity contribution in [1.29, 1.82) is 0 Å². The SMILES string of the molecule is O=C(CN1C(=O)CCSc2ccccc21)NCCCN1CCN(C2CCCCC2)CC1. The van der Waals surface area contributed by atoms with E-state index in [1.54, 1.807) is 16.7 Å². The first-order valence-corrected chi connectivity index (χ1v) is 12.9. The molecule has 3 aliphatic rings. The molecular weight excluding hydrogens is 408 g/mol. The molecule has 31 heavy (non-hydrogen) atoms. The Morgan fingerprint density at radius 2 is 1.84 bits per heavy atom. The van der Waals surface area contributed by atoms with Crippen LogP contribution in [0.1, 0.15) is 44.9 Å². The molecule has 0 bridgehead atoms. The van der Waals surface area contributed by atoms with Crippen molar-refractivity contribution in [3.8, 4) is 0 Å². The summed E-state index contributed by atoms with van der Waals surface area (Å²) in [6, 6.07) is 8.69. The standard InChI is InChI=1S/C24H36N4O2S/c29-23(19-28-21-9-4-5-10-22(21)31-18-11-24(28)30)25-12-6-13-26-14-16-27(17-15-26)20-7-2-1-3-8-20/h4-5,9-10,20H,1-3,6-8,11-19H2,(H,25,29). The van der Waals surface area contributed by atoms with Gasteiger partial charge in [0.1, 0.15) is 6.54 Å². The molecule has 2 heterocycles. The van der Waals surface area contributed by atoms with Crippen LogP contribution in [0, 0.1) is 0 Å². The fourth-order valence-corrected chi connectivity index (χ4v) is 6.02. The summed E-state index contributed by atoms with van der Waals surface area (Å²) in [6.45, 7) is 6.46. The van der Waals surface area contributed by atoms with Gasteiger partial charge in [0, 0.05) is 55.8 Å². The van der Waals surface area contributed by atoms with E-state index in [1.165, 1.54) is 45.2 Å². The van der Waals surface area contributed by atoms with Gasteiger partial charge in [-0.25, -0.2) is 0 Å². The first-order chi connectivity index (χ1) is 15.2. The van der Waals surface area contributed by atoms with E-state index in [4.69, 9.17) is 0 Å². The first kappa shape index (κ1) is 22.6. The van der Waals surface area contributed by atoms with Crippen molar-refractivity contribution in [2.45, 2.75) is 55.9 Å². The van der Waals surface area contributed by atoms with Crippen LogP contribution in [0.4, 0.5) is 5.69 Å². The molecule has 1 saturated heterocycles. The molecule has 2 fully saturated rings. The van der Waals surface area contributed by atoms with E-state index in [0.717, 1.165) is 48.4 Å². The van der Waals surface area contributed by atoms with Gasteiger partial charge in [-0.15, -0.1) is 11.8 Å². The van der Waals surface area contributed by atoms with Crippen LogP contribution in [0.3, 0.4) is 0 Å². The van der Waals surface area contributed by atoms with Crippen molar-refractivity contribution in [2.24, 2.45) is 0 Å². The molecule has 7 heteroatoms. The predicted molar refractivity (Wildman–Crippen MR) is 127 cm³/mol. The number of rotatable bonds is 7. The van der Waals surface area contributed by atoms with Crippen LogP contribution in [0.5, 0.6) is 0 Å². The second kappa shape index (κ2) is 11.3. The fourth-order valence-electron chi connectivity index (χ4n) is 5.02. The minimum Gasteiger partial charge on any atom is -0.355 e. The average Bonchev–Trinajstić information content (AvgIpc) is 2.96. The van der Waals surface area contributed by atoms with Gasteiger partial charge in [-0.05, 0) is 37.9 Å². The summed E-state index contributed by atoms with van der Waals surface area (Å²) in [5.41, 5.74) is 0.862. The highest BCUT2D eigenvalue weighted by Gasteiger charge is 2.26. The highest BCUT2D eigenvalue weighted by atomic mass is 32.2. The lowest BCUT2D eigenvalue weighted by Gasteiger charge is -2.40. The van der Waals surface area contributed by atoms with Gasteiger partial charge in [0.25, 0.3) is 0 Å². The van der Waals surface area contributed by atoms with Crippen LogP contribution >= 0.6 is 11.8 Å². The third-order valence-electron chi connectivity index (χ3n) is 6.80. The molecule has 4 rings (SSSR count). The van der Waals surface area contributed by atoms with E-state index in [0.29, 0.717) is 13.0 Å². The van der Waals surface area contributed by atoms with Crippen molar-refractivity contribution in [3.63, 3.8) is 0 Å². The molecule has 1 aliphatic carbocycles. The number of thioether (sulfide) groups is 1. The Morgan fingerprint density at radius 3 is 2.65 bits per heavy atom. The Balaban J connectivity index is 1.15. The maximum Gasteiger partial charge on any atom is 0.240 e. The maximum absolute atomic E-state index is 12.5. The van der Waals surface area contributed by atoms with Crippen LogP contribution in [-0.2, 0) is 9.59 Å². The van der Waals surface area contributed by atoms with Gasteiger partial charge in [0.2, 0.25) is 11.8 Å². The number of hydrogen-bond acceptors (Lipinski definition) is 5. The summed E-state index contributed by atoms with van der Waals surface area (Å²) in [5, 5.41) is 3.03. The Kier molecular flexibility index (Phi) is 8.27. The van der Waals surface area contributed by atoms with Gasteiger partial charge in [-0.1, -0.05) is 31.4 Å². The van der Waals surface area contributed by atoms with Gasteiger partial charge < -0.3 is 15.1 Å². The normalized spacial score (nSPS) is 21.5. The quantitative estimate of drug-likeness (QED) is 0.656. The molecule has 6 nitrogen and oxygen atoms in total. The third kappa shape index (κ3) is 6.24. The second-order valence-electron chi connectivity index (χ2n) is 8.92. The molecule has 0 unspecified atom stereocenters. The molecule has 1 aromatic carbocycles. The lowest BCUT2D eigenvalue weighted by molar-refractivity contribution is -0.123. The zero-order valence-corrected chi connectivity index (χ0v) is 19.4. The average molecular weight is 445 g/mol. The summed E-state index contributed by atoms with van der Waals surface area (Å²) in [7, 11) is 0. The molecule has 1 N–H and O–H groups in total. The molecular formula is C24H36N4O2S. The molecule has 2 aliphatic heterocycles. The van der Waals surface area contributed by atoms with Gasteiger partial charge >= 0.3 is 0 Å². The number of carbonyl (C=O) groups excluding carboxylic acids is 2. The van der Waals surface area contributed by atoms with E-state index in [9.17, 15) is 9.59 Å². The number of benzene rings is 1. The van der Waals surface area contributed by atoms with Gasteiger partial charge in [0.15, 0.2) is 0 Å². The van der Waals surface area contributed by atoms with Gasteiger partial charge in [-0.2, -0.15) is 0 Å². The Hall–Kier alpha value is -1.57. The molecule has 0 spiro atoms. The molecule has 2 amide bonds. The van der Waals surface area contributed by atoms with E-state index >= 15 is 0 Å². The van der Waals surface area contributed by atoms with Gasteiger partial charge in [-0.3, -0.25) is 14.5 Å². The van der Waals surface area contributed by atoms with Crippen molar-refractivity contribution in [2.75, 3.05) is 56.5 Å². The first-order valence-electron chi connectivity index (χ1n) is 12.0. The minimum absolute atomic E-state index is 0.0310. The second-order valence-corrected chi connectivity index (χ2v) is 10.1. The molecule has 1 aromatic rings. The van der Waals surface area contributed by atoms with Gasteiger partial charge in [0.05, 0.1) is 5.69 Å². The zero-order chi connectivity index (χ0) is 21.5. The maximum atomic E-state index is 12.5. The molecule has 1 saturated carbocycles. The lowest BCUT2D eigenvalue weighted by Crippen LogP contribution is -2.51. The number of nitrogens with zero attached hydrogens (tertiary/aromatic N) is 3. The van der Waals surface area contributed by atoms with Crippen molar-refractivity contribution in [3.05, 3.63) is 24.3 Å². The van der Waals surface area contributed by atoms with Crippen LogP contribution in [0.15, 0.2) is 29.2 Å². The monoisotopic (exact) mass is 444 g/mol. The largest absolute Gasteiger partial charge is 0.355 e. The van der Waals surface area contributed by atoms with Crippen LogP contribution in [0.25, 0.3) is 0 Å².